The summed E-state index contributed by atoms with van der Waals surface area (Å²) in [6.07, 6.45) is 1.47. The average Bonchev–Trinajstić information content (AvgIpc) is 2.95. The van der Waals surface area contributed by atoms with E-state index in [-0.39, 0.29) is 5.57 Å². The first-order valence-corrected chi connectivity index (χ1v) is 9.49. The van der Waals surface area contributed by atoms with Gasteiger partial charge < -0.3 is 19.4 Å². The monoisotopic (exact) mass is 409 g/mol. The number of esters is 1. The van der Waals surface area contributed by atoms with E-state index < -0.39 is 24.0 Å². The van der Waals surface area contributed by atoms with E-state index in [1.54, 1.807) is 7.11 Å². The Morgan fingerprint density at radius 3 is 2.50 bits per heavy atom. The van der Waals surface area contributed by atoms with E-state index in [0.717, 1.165) is 17.1 Å². The molecule has 158 valence electrons. The van der Waals surface area contributed by atoms with E-state index in [1.807, 2.05) is 75.6 Å². The fraction of sp³-hybridized carbons (Fsp3) is 0.348. The molecule has 0 saturated heterocycles. The maximum Gasteiger partial charge on any atom is 0.349 e. The molecule has 1 N–H and O–H groups in total. The van der Waals surface area contributed by atoms with Crippen molar-refractivity contribution in [3.05, 3.63) is 52.9 Å². The van der Waals surface area contributed by atoms with E-state index >= 15 is 0 Å². The lowest BCUT2D eigenvalue weighted by atomic mass is 10.1. The van der Waals surface area contributed by atoms with Crippen LogP contribution in [0.15, 0.2) is 35.9 Å². The third kappa shape index (κ3) is 5.51. The van der Waals surface area contributed by atoms with Crippen LogP contribution in [0.2, 0.25) is 0 Å². The lowest BCUT2D eigenvalue weighted by molar-refractivity contribution is -0.144. The van der Waals surface area contributed by atoms with Gasteiger partial charge >= 0.3 is 5.97 Å². The summed E-state index contributed by atoms with van der Waals surface area (Å²) >= 11 is 0. The molecule has 0 aliphatic rings. The molecule has 0 bridgehead atoms. The summed E-state index contributed by atoms with van der Waals surface area (Å²) in [4.78, 5) is 24.1. The molecule has 0 fully saturated rings. The highest BCUT2D eigenvalue weighted by Gasteiger charge is 2.19. The van der Waals surface area contributed by atoms with Gasteiger partial charge in [0.25, 0.3) is 5.91 Å². The number of hydrogen-bond acceptors (Lipinski definition) is 5. The molecular weight excluding hydrogens is 382 g/mol. The molecular formula is C23H27N3O4. The average molecular weight is 409 g/mol. The Bertz CT molecular complexity index is 1020. The molecule has 1 aromatic heterocycles. The second kappa shape index (κ2) is 9.31. The predicted octanol–water partition coefficient (Wildman–Crippen LogP) is 3.47. The van der Waals surface area contributed by atoms with Gasteiger partial charge in [0.1, 0.15) is 17.4 Å². The topological polar surface area (TPSA) is 93.3 Å². The summed E-state index contributed by atoms with van der Waals surface area (Å²) in [5.74, 6) is -0.564. The van der Waals surface area contributed by atoms with Crippen LogP contribution >= 0.6 is 0 Å². The van der Waals surface area contributed by atoms with E-state index in [0.29, 0.717) is 11.3 Å². The smallest absolute Gasteiger partial charge is 0.349 e. The van der Waals surface area contributed by atoms with Crippen molar-refractivity contribution in [2.75, 3.05) is 13.7 Å². The molecule has 1 amide bonds. The van der Waals surface area contributed by atoms with Gasteiger partial charge in [-0.15, -0.1) is 0 Å². The molecule has 0 aliphatic heterocycles. The van der Waals surface area contributed by atoms with Gasteiger partial charge in [-0.2, -0.15) is 5.26 Å². The molecule has 30 heavy (non-hydrogen) atoms. The number of nitrogens with one attached hydrogen (secondary N) is 1. The second-order valence-electron chi connectivity index (χ2n) is 7.88. The van der Waals surface area contributed by atoms with Crippen molar-refractivity contribution in [3.8, 4) is 17.5 Å². The number of para-hydroxylation sites is 2. The quantitative estimate of drug-likeness (QED) is 0.448. The number of aryl methyl sites for hydroxylation is 1. The number of rotatable bonds is 6. The summed E-state index contributed by atoms with van der Waals surface area (Å²) in [6.45, 7) is 8.84. The molecule has 0 unspecified atom stereocenters. The SMILES string of the molecule is COc1ccccc1-n1c(C)cc(/C=C(\C#N)C(=O)OCC(=O)NC(C)(C)C)c1C. The van der Waals surface area contributed by atoms with Gasteiger partial charge in [-0.3, -0.25) is 4.79 Å². The molecule has 2 rings (SSSR count). The Labute approximate surface area is 176 Å². The Morgan fingerprint density at radius 2 is 1.90 bits per heavy atom. The first-order chi connectivity index (χ1) is 14.1. The molecule has 0 spiro atoms. The van der Waals surface area contributed by atoms with Crippen molar-refractivity contribution in [1.29, 1.82) is 5.26 Å². The van der Waals surface area contributed by atoms with E-state index in [4.69, 9.17) is 9.47 Å². The number of nitriles is 1. The Kier molecular flexibility index (Phi) is 7.06. The highest BCUT2D eigenvalue weighted by atomic mass is 16.5. The molecule has 1 aromatic carbocycles. The number of aromatic nitrogens is 1. The van der Waals surface area contributed by atoms with E-state index in [1.165, 1.54) is 6.08 Å². The zero-order chi connectivity index (χ0) is 22.5. The fourth-order valence-corrected chi connectivity index (χ4v) is 3.07. The van der Waals surface area contributed by atoms with Crippen molar-refractivity contribution in [2.24, 2.45) is 0 Å². The summed E-state index contributed by atoms with van der Waals surface area (Å²) in [5, 5.41) is 12.1. The van der Waals surface area contributed by atoms with Gasteiger partial charge in [-0.05, 0) is 64.5 Å². The number of carbonyl (C=O) groups excluding carboxylic acids is 2. The van der Waals surface area contributed by atoms with Crippen molar-refractivity contribution < 1.29 is 19.1 Å². The summed E-state index contributed by atoms with van der Waals surface area (Å²) < 4.78 is 12.4. The van der Waals surface area contributed by atoms with Crippen LogP contribution in [0.5, 0.6) is 5.75 Å². The minimum Gasteiger partial charge on any atom is -0.495 e. The van der Waals surface area contributed by atoms with Gasteiger partial charge in [-0.25, -0.2) is 4.79 Å². The maximum atomic E-state index is 12.3. The van der Waals surface area contributed by atoms with Gasteiger partial charge in [0.2, 0.25) is 0 Å². The molecule has 2 aromatic rings. The largest absolute Gasteiger partial charge is 0.495 e. The number of ether oxygens (including phenoxy) is 2. The summed E-state index contributed by atoms with van der Waals surface area (Å²) in [7, 11) is 1.60. The fourth-order valence-electron chi connectivity index (χ4n) is 3.07. The van der Waals surface area contributed by atoms with E-state index in [2.05, 4.69) is 5.32 Å². The minimum absolute atomic E-state index is 0.182. The van der Waals surface area contributed by atoms with Crippen molar-refractivity contribution >= 4 is 18.0 Å². The van der Waals surface area contributed by atoms with Crippen molar-refractivity contribution in [1.82, 2.24) is 9.88 Å². The molecule has 0 aliphatic carbocycles. The van der Waals surface area contributed by atoms with Crippen LogP contribution in [0.1, 0.15) is 37.7 Å². The molecule has 0 atom stereocenters. The Hall–Kier alpha value is -3.53. The zero-order valence-electron chi connectivity index (χ0n) is 18.2. The lowest BCUT2D eigenvalue weighted by Crippen LogP contribution is -2.42. The Balaban J connectivity index is 2.27. The lowest BCUT2D eigenvalue weighted by Gasteiger charge is -2.20. The van der Waals surface area contributed by atoms with Crippen LogP contribution < -0.4 is 10.1 Å². The maximum absolute atomic E-state index is 12.3. The summed E-state index contributed by atoms with van der Waals surface area (Å²) in [5.41, 5.74) is 2.69. The van der Waals surface area contributed by atoms with Crippen LogP contribution in [-0.4, -0.2) is 35.7 Å². The van der Waals surface area contributed by atoms with Crippen LogP contribution in [-0.2, 0) is 14.3 Å². The number of benzene rings is 1. The van der Waals surface area contributed by atoms with Crippen molar-refractivity contribution in [2.45, 2.75) is 40.2 Å². The standard InChI is InChI=1S/C23H27N3O4/c1-15-11-17(16(2)26(15)19-9-7-8-10-20(19)29-6)12-18(13-24)22(28)30-14-21(27)25-23(3,4)5/h7-12H,14H2,1-6H3,(H,25,27)/b18-12+. The third-order valence-electron chi connectivity index (χ3n) is 4.29. The molecule has 1 heterocycles. The van der Waals surface area contributed by atoms with Gasteiger partial charge in [0.05, 0.1) is 12.8 Å². The second-order valence-corrected chi connectivity index (χ2v) is 7.88. The van der Waals surface area contributed by atoms with Crippen LogP contribution in [0, 0.1) is 25.2 Å². The first kappa shape index (κ1) is 22.8. The molecule has 7 nitrogen and oxygen atoms in total. The predicted molar refractivity (Wildman–Crippen MR) is 114 cm³/mol. The minimum atomic E-state index is -0.844. The van der Waals surface area contributed by atoms with Crippen LogP contribution in [0.25, 0.3) is 11.8 Å². The van der Waals surface area contributed by atoms with Gasteiger partial charge in [-0.1, -0.05) is 12.1 Å². The molecule has 0 radical (unpaired) electrons. The molecule has 0 saturated carbocycles. The zero-order valence-corrected chi connectivity index (χ0v) is 18.2. The molecule has 7 heteroatoms. The van der Waals surface area contributed by atoms with Crippen LogP contribution in [0.4, 0.5) is 0 Å². The number of hydrogen-bond donors (Lipinski definition) is 1. The first-order valence-electron chi connectivity index (χ1n) is 9.49. The normalized spacial score (nSPS) is 11.6. The van der Waals surface area contributed by atoms with Crippen molar-refractivity contribution in [3.63, 3.8) is 0 Å². The van der Waals surface area contributed by atoms with Crippen LogP contribution in [0.3, 0.4) is 0 Å². The third-order valence-corrected chi connectivity index (χ3v) is 4.29. The Morgan fingerprint density at radius 1 is 1.23 bits per heavy atom. The highest BCUT2D eigenvalue weighted by Crippen LogP contribution is 2.28. The number of amides is 1. The number of methoxy groups -OCH3 is 1. The van der Waals surface area contributed by atoms with Gasteiger partial charge in [0, 0.05) is 16.9 Å². The summed E-state index contributed by atoms with van der Waals surface area (Å²) in [6, 6.07) is 11.3. The highest BCUT2D eigenvalue weighted by molar-refractivity contribution is 5.99. The number of carbonyl (C=O) groups is 2. The van der Waals surface area contributed by atoms with Gasteiger partial charge in [0.15, 0.2) is 6.61 Å². The number of nitrogens with zero attached hydrogens (tertiary/aromatic N) is 2. The van der Waals surface area contributed by atoms with E-state index in [9.17, 15) is 14.9 Å².